The highest BCUT2D eigenvalue weighted by molar-refractivity contribution is 6.01. The van der Waals surface area contributed by atoms with Gasteiger partial charge in [0.25, 0.3) is 5.91 Å². The van der Waals surface area contributed by atoms with Crippen molar-refractivity contribution in [1.29, 1.82) is 0 Å². The molecule has 3 N–H and O–H groups in total. The van der Waals surface area contributed by atoms with Crippen LogP contribution >= 0.6 is 0 Å². The monoisotopic (exact) mass is 519 g/mol. The standard InChI is InChI=1S/C27H36F3N5O2/c1-25(2,3)15-34(17-7-6-10-32-14-17)19-11-16(8-9-18(19)24(31)37)35-20-12-26(4,5)13-21(36)22(20)23(33-35)27(28,29)30/h8-9,11,17,32H,6-7,10,12-15H2,1-5H3,(H2,31,37). The van der Waals surface area contributed by atoms with E-state index in [0.29, 0.717) is 23.5 Å². The van der Waals surface area contributed by atoms with E-state index in [9.17, 15) is 22.8 Å². The number of nitrogens with one attached hydrogen (secondary N) is 1. The molecule has 1 atom stereocenters. The van der Waals surface area contributed by atoms with Crippen LogP contribution in [0.1, 0.15) is 86.0 Å². The van der Waals surface area contributed by atoms with Gasteiger partial charge in [-0.15, -0.1) is 0 Å². The predicted octanol–water partition coefficient (Wildman–Crippen LogP) is 4.75. The Morgan fingerprint density at radius 1 is 1.24 bits per heavy atom. The number of carbonyl (C=O) groups excluding carboxylic acids is 2. The highest BCUT2D eigenvalue weighted by atomic mass is 19.4. The van der Waals surface area contributed by atoms with Crippen molar-refractivity contribution in [2.24, 2.45) is 16.6 Å². The third-order valence-electron chi connectivity index (χ3n) is 6.97. The first kappa shape index (κ1) is 27.2. The van der Waals surface area contributed by atoms with Crippen molar-refractivity contribution >= 4 is 17.4 Å². The van der Waals surface area contributed by atoms with Gasteiger partial charge in [0, 0.05) is 25.6 Å². The lowest BCUT2D eigenvalue weighted by atomic mass is 9.75. The Bertz CT molecular complexity index is 1200. The number of fused-ring (bicyclic) bond motifs is 1. The van der Waals surface area contributed by atoms with Gasteiger partial charge in [-0.2, -0.15) is 18.3 Å². The zero-order valence-electron chi connectivity index (χ0n) is 22.1. The molecule has 2 heterocycles. The van der Waals surface area contributed by atoms with E-state index >= 15 is 0 Å². The highest BCUT2D eigenvalue weighted by Gasteiger charge is 2.45. The molecule has 1 amide bonds. The zero-order chi connectivity index (χ0) is 27.3. The number of amides is 1. The number of alkyl halides is 3. The molecule has 1 aliphatic heterocycles. The van der Waals surface area contributed by atoms with Crippen LogP contribution in [0.25, 0.3) is 5.69 Å². The van der Waals surface area contributed by atoms with Gasteiger partial charge in [0.05, 0.1) is 28.2 Å². The minimum absolute atomic E-state index is 0.0225. The Balaban J connectivity index is 1.92. The second kappa shape index (κ2) is 9.45. The van der Waals surface area contributed by atoms with Crippen LogP contribution in [0.3, 0.4) is 0 Å². The molecule has 0 saturated carbocycles. The topological polar surface area (TPSA) is 93.2 Å². The third kappa shape index (κ3) is 5.68. The van der Waals surface area contributed by atoms with Crippen LogP contribution in [0.5, 0.6) is 0 Å². The van der Waals surface area contributed by atoms with E-state index in [2.05, 4.69) is 36.1 Å². The zero-order valence-corrected chi connectivity index (χ0v) is 22.1. The minimum Gasteiger partial charge on any atom is -0.366 e. The number of hydrogen-bond acceptors (Lipinski definition) is 5. The Morgan fingerprint density at radius 2 is 1.95 bits per heavy atom. The number of piperidine rings is 1. The van der Waals surface area contributed by atoms with Crippen LogP contribution in [0.2, 0.25) is 0 Å². The summed E-state index contributed by atoms with van der Waals surface area (Å²) in [5.74, 6) is -1.17. The van der Waals surface area contributed by atoms with Crippen molar-refractivity contribution < 1.29 is 22.8 Å². The lowest BCUT2D eigenvalue weighted by molar-refractivity contribution is -0.141. The molecular formula is C27H36F3N5O2. The molecule has 0 radical (unpaired) electrons. The fourth-order valence-electron chi connectivity index (χ4n) is 5.48. The van der Waals surface area contributed by atoms with Crippen molar-refractivity contribution in [3.63, 3.8) is 0 Å². The number of benzene rings is 1. The molecule has 202 valence electrons. The van der Waals surface area contributed by atoms with Gasteiger partial charge in [-0.05, 0) is 54.8 Å². The Hall–Kier alpha value is -2.88. The summed E-state index contributed by atoms with van der Waals surface area (Å²) in [5, 5.41) is 7.34. The van der Waals surface area contributed by atoms with Gasteiger partial charge < -0.3 is 16.0 Å². The van der Waals surface area contributed by atoms with Gasteiger partial charge in [0.1, 0.15) is 0 Å². The van der Waals surface area contributed by atoms with Gasteiger partial charge in [-0.1, -0.05) is 34.6 Å². The number of nitrogens with zero attached hydrogens (tertiary/aromatic N) is 3. The normalized spacial score (nSPS) is 20.0. The summed E-state index contributed by atoms with van der Waals surface area (Å²) in [6.07, 6.45) is -2.61. The summed E-state index contributed by atoms with van der Waals surface area (Å²) >= 11 is 0. The van der Waals surface area contributed by atoms with Crippen molar-refractivity contribution in [1.82, 2.24) is 15.1 Å². The molecule has 0 spiro atoms. The van der Waals surface area contributed by atoms with Crippen LogP contribution in [0.15, 0.2) is 18.2 Å². The molecule has 1 saturated heterocycles. The molecule has 0 bridgehead atoms. The van der Waals surface area contributed by atoms with E-state index in [0.717, 1.165) is 25.9 Å². The summed E-state index contributed by atoms with van der Waals surface area (Å²) in [6.45, 7) is 12.2. The predicted molar refractivity (Wildman–Crippen MR) is 136 cm³/mol. The molecule has 4 rings (SSSR count). The molecular weight excluding hydrogens is 483 g/mol. The van der Waals surface area contributed by atoms with E-state index < -0.39 is 29.0 Å². The van der Waals surface area contributed by atoms with E-state index in [-0.39, 0.29) is 35.6 Å². The molecule has 2 aromatic rings. The lowest BCUT2D eigenvalue weighted by Gasteiger charge is -2.41. The summed E-state index contributed by atoms with van der Waals surface area (Å²) < 4.78 is 43.2. The summed E-state index contributed by atoms with van der Waals surface area (Å²) in [4.78, 5) is 27.5. The van der Waals surface area contributed by atoms with Crippen molar-refractivity contribution in [2.45, 2.75) is 72.5 Å². The van der Waals surface area contributed by atoms with Crippen LogP contribution in [-0.4, -0.2) is 47.1 Å². The van der Waals surface area contributed by atoms with E-state index in [4.69, 9.17) is 5.73 Å². The molecule has 37 heavy (non-hydrogen) atoms. The average Bonchev–Trinajstić information content (AvgIpc) is 3.16. The van der Waals surface area contributed by atoms with Crippen LogP contribution < -0.4 is 16.0 Å². The maximum absolute atomic E-state index is 14.0. The number of primary amides is 1. The Morgan fingerprint density at radius 3 is 2.51 bits per heavy atom. The first-order valence-corrected chi connectivity index (χ1v) is 12.7. The fraction of sp³-hybridized carbons (Fsp3) is 0.593. The number of anilines is 1. The summed E-state index contributed by atoms with van der Waals surface area (Å²) in [5.41, 5.74) is 5.08. The number of carbonyl (C=O) groups is 2. The molecule has 7 nitrogen and oxygen atoms in total. The van der Waals surface area contributed by atoms with Crippen molar-refractivity contribution in [2.75, 3.05) is 24.5 Å². The van der Waals surface area contributed by atoms with E-state index in [1.54, 1.807) is 18.2 Å². The molecule has 1 aliphatic carbocycles. The largest absolute Gasteiger partial charge is 0.435 e. The number of rotatable bonds is 5. The number of hydrogen-bond donors (Lipinski definition) is 2. The fourth-order valence-corrected chi connectivity index (χ4v) is 5.48. The number of aromatic nitrogens is 2. The smallest absolute Gasteiger partial charge is 0.366 e. The van der Waals surface area contributed by atoms with Gasteiger partial charge in [-0.25, -0.2) is 4.68 Å². The second-order valence-electron chi connectivity index (χ2n) is 12.3. The summed E-state index contributed by atoms with van der Waals surface area (Å²) in [7, 11) is 0. The SMILES string of the molecule is CC(C)(C)CN(c1cc(-n2nc(C(F)(F)F)c3c2CC(C)(C)CC3=O)ccc1C(N)=O)C1CCCNC1. The highest BCUT2D eigenvalue weighted by Crippen LogP contribution is 2.42. The van der Waals surface area contributed by atoms with Crippen LogP contribution in [0, 0.1) is 10.8 Å². The van der Waals surface area contributed by atoms with Gasteiger partial charge >= 0.3 is 6.18 Å². The molecule has 1 fully saturated rings. The number of Topliss-reactive ketones (excluding diaryl/α,β-unsaturated/α-hetero) is 1. The molecule has 2 aliphatic rings. The maximum atomic E-state index is 14.0. The lowest BCUT2D eigenvalue weighted by Crippen LogP contribution is -2.49. The summed E-state index contributed by atoms with van der Waals surface area (Å²) in [6, 6.07) is 4.88. The maximum Gasteiger partial charge on any atom is 0.435 e. The van der Waals surface area contributed by atoms with Crippen LogP contribution in [0.4, 0.5) is 18.9 Å². The molecule has 1 aromatic carbocycles. The van der Waals surface area contributed by atoms with Crippen LogP contribution in [-0.2, 0) is 12.6 Å². The van der Waals surface area contributed by atoms with Gasteiger partial charge in [-0.3, -0.25) is 9.59 Å². The Kier molecular flexibility index (Phi) is 6.94. The Labute approximate surface area is 215 Å². The van der Waals surface area contributed by atoms with Crippen molar-refractivity contribution in [3.05, 3.63) is 40.7 Å². The third-order valence-corrected chi connectivity index (χ3v) is 6.97. The second-order valence-corrected chi connectivity index (χ2v) is 12.3. The molecule has 1 unspecified atom stereocenters. The van der Waals surface area contributed by atoms with Crippen molar-refractivity contribution in [3.8, 4) is 5.69 Å². The van der Waals surface area contributed by atoms with E-state index in [1.807, 2.05) is 13.8 Å². The first-order valence-electron chi connectivity index (χ1n) is 12.7. The number of ketones is 1. The number of nitrogens with two attached hydrogens (primary N) is 1. The average molecular weight is 520 g/mol. The van der Waals surface area contributed by atoms with Gasteiger partial charge in [0.2, 0.25) is 0 Å². The molecule has 10 heteroatoms. The number of halogens is 3. The molecule has 1 aromatic heterocycles. The minimum atomic E-state index is -4.77. The van der Waals surface area contributed by atoms with E-state index in [1.165, 1.54) is 4.68 Å². The quantitative estimate of drug-likeness (QED) is 0.595. The van der Waals surface area contributed by atoms with Gasteiger partial charge in [0.15, 0.2) is 11.5 Å². The first-order chi connectivity index (χ1) is 17.1.